The van der Waals surface area contributed by atoms with E-state index >= 15 is 0 Å². The standard InChI is InChI=1S/C21H24ClNO3S/c1-12-18(11-14-3-7-16(22)8-4-14)19(13(2)27-12)20(24)23-17-9-5-15(6-10-17)21(25)26/h3-4,7-8,15,17H,5-6,9-11H2,1-2H3,(H,23,24)(H,25,26). The second-order valence-corrected chi connectivity index (χ2v) is 9.10. The van der Waals surface area contributed by atoms with Crippen molar-refractivity contribution in [3.05, 3.63) is 55.7 Å². The minimum atomic E-state index is -0.727. The molecule has 144 valence electrons. The van der Waals surface area contributed by atoms with Crippen molar-refractivity contribution in [2.75, 3.05) is 0 Å². The van der Waals surface area contributed by atoms with Gasteiger partial charge < -0.3 is 10.4 Å². The summed E-state index contributed by atoms with van der Waals surface area (Å²) in [6.07, 6.45) is 3.38. The Labute approximate surface area is 168 Å². The van der Waals surface area contributed by atoms with E-state index in [-0.39, 0.29) is 17.9 Å². The van der Waals surface area contributed by atoms with Gasteiger partial charge in [0.1, 0.15) is 0 Å². The molecule has 27 heavy (non-hydrogen) atoms. The van der Waals surface area contributed by atoms with Gasteiger partial charge in [0.25, 0.3) is 5.91 Å². The molecule has 6 heteroatoms. The Morgan fingerprint density at radius 1 is 1.11 bits per heavy atom. The smallest absolute Gasteiger partial charge is 0.306 e. The molecule has 3 rings (SSSR count). The number of rotatable bonds is 5. The lowest BCUT2D eigenvalue weighted by Gasteiger charge is -2.27. The van der Waals surface area contributed by atoms with Gasteiger partial charge >= 0.3 is 5.97 Å². The first kappa shape index (κ1) is 19.9. The van der Waals surface area contributed by atoms with Crippen LogP contribution in [0.4, 0.5) is 0 Å². The van der Waals surface area contributed by atoms with Crippen LogP contribution < -0.4 is 5.32 Å². The highest BCUT2D eigenvalue weighted by atomic mass is 35.5. The average molecular weight is 406 g/mol. The molecule has 0 atom stereocenters. The number of carboxylic acids is 1. The summed E-state index contributed by atoms with van der Waals surface area (Å²) in [5.41, 5.74) is 2.96. The zero-order chi connectivity index (χ0) is 19.6. The van der Waals surface area contributed by atoms with Crippen LogP contribution in [-0.4, -0.2) is 23.0 Å². The van der Waals surface area contributed by atoms with E-state index in [4.69, 9.17) is 16.7 Å². The number of hydrogen-bond acceptors (Lipinski definition) is 3. The summed E-state index contributed by atoms with van der Waals surface area (Å²) in [5.74, 6) is -1.04. The van der Waals surface area contributed by atoms with Crippen LogP contribution in [0.15, 0.2) is 24.3 Å². The number of carboxylic acid groups (broad SMARTS) is 1. The Morgan fingerprint density at radius 3 is 2.33 bits per heavy atom. The minimum absolute atomic E-state index is 0.0420. The van der Waals surface area contributed by atoms with Crippen LogP contribution in [0, 0.1) is 19.8 Å². The van der Waals surface area contributed by atoms with Crippen LogP contribution in [-0.2, 0) is 11.2 Å². The summed E-state index contributed by atoms with van der Waals surface area (Å²) in [6, 6.07) is 7.77. The van der Waals surface area contributed by atoms with E-state index in [1.165, 1.54) is 0 Å². The van der Waals surface area contributed by atoms with Crippen molar-refractivity contribution < 1.29 is 14.7 Å². The number of nitrogens with one attached hydrogen (secondary N) is 1. The minimum Gasteiger partial charge on any atom is -0.481 e. The molecule has 0 unspecified atom stereocenters. The van der Waals surface area contributed by atoms with E-state index in [1.54, 1.807) is 11.3 Å². The van der Waals surface area contributed by atoms with Crippen molar-refractivity contribution in [2.45, 2.75) is 52.0 Å². The number of carbonyl (C=O) groups is 2. The Balaban J connectivity index is 1.73. The quantitative estimate of drug-likeness (QED) is 0.736. The molecule has 0 radical (unpaired) electrons. The van der Waals surface area contributed by atoms with Crippen LogP contribution in [0.25, 0.3) is 0 Å². The van der Waals surface area contributed by atoms with Gasteiger partial charge in [-0.15, -0.1) is 11.3 Å². The summed E-state index contributed by atoms with van der Waals surface area (Å²) in [5, 5.41) is 13.0. The van der Waals surface area contributed by atoms with Crippen LogP contribution in [0.2, 0.25) is 5.02 Å². The number of aryl methyl sites for hydroxylation is 2. The summed E-state index contributed by atoms with van der Waals surface area (Å²) in [7, 11) is 0. The summed E-state index contributed by atoms with van der Waals surface area (Å²) in [6.45, 7) is 4.04. The van der Waals surface area contributed by atoms with E-state index in [0.717, 1.165) is 39.3 Å². The number of hydrogen-bond donors (Lipinski definition) is 2. The van der Waals surface area contributed by atoms with Crippen LogP contribution in [0.3, 0.4) is 0 Å². The Kier molecular flexibility index (Phi) is 6.22. The third-order valence-corrected chi connectivity index (χ3v) is 6.63. The fraction of sp³-hybridized carbons (Fsp3) is 0.429. The lowest BCUT2D eigenvalue weighted by molar-refractivity contribution is -0.142. The molecule has 0 bridgehead atoms. The molecule has 1 aliphatic rings. The Bertz CT molecular complexity index is 836. The topological polar surface area (TPSA) is 66.4 Å². The summed E-state index contributed by atoms with van der Waals surface area (Å²) >= 11 is 7.62. The van der Waals surface area contributed by atoms with Crippen molar-refractivity contribution in [2.24, 2.45) is 5.92 Å². The maximum Gasteiger partial charge on any atom is 0.306 e. The van der Waals surface area contributed by atoms with Gasteiger partial charge in [0.05, 0.1) is 11.5 Å². The Morgan fingerprint density at radius 2 is 1.74 bits per heavy atom. The van der Waals surface area contributed by atoms with E-state index in [2.05, 4.69) is 12.2 Å². The van der Waals surface area contributed by atoms with Crippen molar-refractivity contribution in [1.82, 2.24) is 5.32 Å². The maximum atomic E-state index is 13.0. The highest BCUT2D eigenvalue weighted by Crippen LogP contribution is 2.31. The molecule has 1 saturated carbocycles. The van der Waals surface area contributed by atoms with Crippen molar-refractivity contribution in [1.29, 1.82) is 0 Å². The first-order chi connectivity index (χ1) is 12.8. The Hall–Kier alpha value is -1.85. The van der Waals surface area contributed by atoms with E-state index < -0.39 is 5.97 Å². The lowest BCUT2D eigenvalue weighted by Crippen LogP contribution is -2.39. The molecule has 1 fully saturated rings. The molecule has 1 aromatic heterocycles. The highest BCUT2D eigenvalue weighted by molar-refractivity contribution is 7.12. The molecule has 2 N–H and O–H groups in total. The number of thiophene rings is 1. The predicted octanol–water partition coefficient (Wildman–Crippen LogP) is 4.98. The number of aliphatic carboxylic acids is 1. The first-order valence-electron chi connectivity index (χ1n) is 9.22. The van der Waals surface area contributed by atoms with Crippen LogP contribution in [0.5, 0.6) is 0 Å². The van der Waals surface area contributed by atoms with Crippen molar-refractivity contribution in [3.63, 3.8) is 0 Å². The fourth-order valence-corrected chi connectivity index (χ4v) is 4.99. The van der Waals surface area contributed by atoms with Crippen molar-refractivity contribution >= 4 is 34.8 Å². The van der Waals surface area contributed by atoms with Gasteiger partial charge in [0.15, 0.2) is 0 Å². The SMILES string of the molecule is Cc1sc(C)c(C(=O)NC2CCC(C(=O)O)CC2)c1Cc1ccc(Cl)cc1. The predicted molar refractivity (Wildman–Crippen MR) is 109 cm³/mol. The highest BCUT2D eigenvalue weighted by Gasteiger charge is 2.28. The zero-order valence-electron chi connectivity index (χ0n) is 15.5. The van der Waals surface area contributed by atoms with Gasteiger partial charge in [-0.05, 0) is 69.2 Å². The lowest BCUT2D eigenvalue weighted by atomic mass is 9.86. The van der Waals surface area contributed by atoms with Crippen molar-refractivity contribution in [3.8, 4) is 0 Å². The van der Waals surface area contributed by atoms with Crippen LogP contribution >= 0.6 is 22.9 Å². The molecule has 0 spiro atoms. The number of benzene rings is 1. The van der Waals surface area contributed by atoms with Gasteiger partial charge in [0, 0.05) is 20.8 Å². The van der Waals surface area contributed by atoms with E-state index in [1.807, 2.05) is 31.2 Å². The number of amides is 1. The monoisotopic (exact) mass is 405 g/mol. The second kappa shape index (κ2) is 8.44. The normalized spacial score (nSPS) is 19.7. The van der Waals surface area contributed by atoms with Gasteiger partial charge in [0.2, 0.25) is 0 Å². The maximum absolute atomic E-state index is 13.0. The van der Waals surface area contributed by atoms with Gasteiger partial charge in [-0.3, -0.25) is 9.59 Å². The van der Waals surface area contributed by atoms with Gasteiger partial charge in [-0.1, -0.05) is 23.7 Å². The average Bonchev–Trinajstić information content (AvgIpc) is 2.90. The second-order valence-electron chi connectivity index (χ2n) is 7.23. The largest absolute Gasteiger partial charge is 0.481 e. The third kappa shape index (κ3) is 4.71. The molecule has 4 nitrogen and oxygen atoms in total. The van der Waals surface area contributed by atoms with Crippen LogP contribution in [0.1, 0.15) is 56.9 Å². The molecule has 0 aliphatic heterocycles. The van der Waals surface area contributed by atoms with Gasteiger partial charge in [-0.2, -0.15) is 0 Å². The molecular formula is C21H24ClNO3S. The molecule has 2 aromatic rings. The molecule has 0 saturated heterocycles. The number of carbonyl (C=O) groups excluding carboxylic acids is 1. The zero-order valence-corrected chi connectivity index (χ0v) is 17.1. The van der Waals surface area contributed by atoms with Gasteiger partial charge in [-0.25, -0.2) is 0 Å². The van der Waals surface area contributed by atoms with E-state index in [0.29, 0.717) is 24.3 Å². The molecule has 1 heterocycles. The third-order valence-electron chi connectivity index (χ3n) is 5.32. The fourth-order valence-electron chi connectivity index (χ4n) is 3.79. The molecule has 1 amide bonds. The molecular weight excluding hydrogens is 382 g/mol. The summed E-state index contributed by atoms with van der Waals surface area (Å²) in [4.78, 5) is 26.3. The number of halogens is 1. The first-order valence-corrected chi connectivity index (χ1v) is 10.4. The molecule has 1 aromatic carbocycles. The summed E-state index contributed by atoms with van der Waals surface area (Å²) < 4.78 is 0. The molecule has 1 aliphatic carbocycles. The van der Waals surface area contributed by atoms with E-state index in [9.17, 15) is 9.59 Å².